The van der Waals surface area contributed by atoms with Crippen LogP contribution >= 0.6 is 0 Å². The summed E-state index contributed by atoms with van der Waals surface area (Å²) in [6, 6.07) is 13.6. The third-order valence-corrected chi connectivity index (χ3v) is 3.69. The van der Waals surface area contributed by atoms with Gasteiger partial charge < -0.3 is 13.9 Å². The number of nitrogens with zero attached hydrogens (tertiary/aromatic N) is 2. The first-order valence-corrected chi connectivity index (χ1v) is 8.18. The number of esters is 1. The van der Waals surface area contributed by atoms with Crippen molar-refractivity contribution >= 4 is 12.0 Å². The van der Waals surface area contributed by atoms with Crippen LogP contribution in [0.3, 0.4) is 0 Å². The minimum absolute atomic E-state index is 0.133. The van der Waals surface area contributed by atoms with Crippen molar-refractivity contribution in [3.05, 3.63) is 71.9 Å². The normalized spacial score (nSPS) is 12.1. The first kappa shape index (κ1) is 18.3. The van der Waals surface area contributed by atoms with Crippen molar-refractivity contribution in [2.45, 2.75) is 13.0 Å². The van der Waals surface area contributed by atoms with Crippen LogP contribution in [-0.2, 0) is 9.53 Å². The fraction of sp³-hybridized carbons (Fsp3) is 0.150. The summed E-state index contributed by atoms with van der Waals surface area (Å²) in [6.07, 6.45) is 1.92. The maximum atomic E-state index is 13.6. The summed E-state index contributed by atoms with van der Waals surface area (Å²) < 4.78 is 29.3. The average molecular weight is 368 g/mol. The summed E-state index contributed by atoms with van der Waals surface area (Å²) in [4.78, 5) is 12.0. The lowest BCUT2D eigenvalue weighted by Gasteiger charge is -2.07. The van der Waals surface area contributed by atoms with Crippen LogP contribution in [0.5, 0.6) is 5.75 Å². The lowest BCUT2D eigenvalue weighted by atomic mass is 10.2. The number of carbonyl (C=O) groups excluding carboxylic acids is 1. The SMILES string of the molecule is COc1ccc(/C=C/C(=O)O[C@@H](C)c2nnc(-c3ccccc3)o2)cc1F. The van der Waals surface area contributed by atoms with Gasteiger partial charge in [0.25, 0.3) is 5.89 Å². The first-order chi connectivity index (χ1) is 13.1. The van der Waals surface area contributed by atoms with Crippen LogP contribution in [0.2, 0.25) is 0 Å². The summed E-state index contributed by atoms with van der Waals surface area (Å²) in [5, 5.41) is 7.87. The Morgan fingerprint density at radius 3 is 2.67 bits per heavy atom. The van der Waals surface area contributed by atoms with Crippen molar-refractivity contribution in [1.29, 1.82) is 0 Å². The molecule has 0 aliphatic rings. The maximum absolute atomic E-state index is 13.6. The number of carbonyl (C=O) groups is 1. The van der Waals surface area contributed by atoms with Gasteiger partial charge in [-0.25, -0.2) is 9.18 Å². The quantitative estimate of drug-likeness (QED) is 0.479. The largest absolute Gasteiger partial charge is 0.494 e. The number of aromatic nitrogens is 2. The van der Waals surface area contributed by atoms with Crippen LogP contribution in [0, 0.1) is 5.82 Å². The van der Waals surface area contributed by atoms with E-state index in [0.717, 1.165) is 5.56 Å². The van der Waals surface area contributed by atoms with Crippen LogP contribution in [0.1, 0.15) is 24.5 Å². The van der Waals surface area contributed by atoms with Gasteiger partial charge in [-0.15, -0.1) is 10.2 Å². The smallest absolute Gasteiger partial charge is 0.331 e. The molecule has 7 heteroatoms. The summed E-state index contributed by atoms with van der Waals surface area (Å²) >= 11 is 0. The molecule has 1 aromatic heterocycles. The van der Waals surface area contributed by atoms with E-state index in [1.165, 1.54) is 31.4 Å². The molecule has 0 unspecified atom stereocenters. The van der Waals surface area contributed by atoms with Crippen LogP contribution in [0.25, 0.3) is 17.5 Å². The number of hydrogen-bond donors (Lipinski definition) is 0. The van der Waals surface area contributed by atoms with Gasteiger partial charge in [0.15, 0.2) is 17.7 Å². The van der Waals surface area contributed by atoms with Crippen LogP contribution in [0.15, 0.2) is 59.0 Å². The van der Waals surface area contributed by atoms with E-state index in [4.69, 9.17) is 13.9 Å². The molecular weight excluding hydrogens is 351 g/mol. The Kier molecular flexibility index (Phi) is 5.61. The molecule has 6 nitrogen and oxygen atoms in total. The monoisotopic (exact) mass is 368 g/mol. The van der Waals surface area contributed by atoms with Gasteiger partial charge in [0.05, 0.1) is 7.11 Å². The van der Waals surface area contributed by atoms with E-state index in [2.05, 4.69) is 10.2 Å². The van der Waals surface area contributed by atoms with Gasteiger partial charge in [-0.05, 0) is 42.8 Å². The summed E-state index contributed by atoms with van der Waals surface area (Å²) in [5.74, 6) is -0.461. The highest BCUT2D eigenvalue weighted by atomic mass is 19.1. The number of methoxy groups -OCH3 is 1. The van der Waals surface area contributed by atoms with Gasteiger partial charge in [-0.1, -0.05) is 24.3 Å². The molecule has 0 bridgehead atoms. The predicted octanol–water partition coefficient (Wildman–Crippen LogP) is 4.20. The molecule has 27 heavy (non-hydrogen) atoms. The highest BCUT2D eigenvalue weighted by Gasteiger charge is 2.18. The van der Waals surface area contributed by atoms with E-state index in [0.29, 0.717) is 11.5 Å². The zero-order valence-corrected chi connectivity index (χ0v) is 14.8. The third-order valence-electron chi connectivity index (χ3n) is 3.69. The first-order valence-electron chi connectivity index (χ1n) is 8.18. The molecule has 0 amide bonds. The molecule has 0 saturated heterocycles. The predicted molar refractivity (Wildman–Crippen MR) is 96.2 cm³/mol. The Hall–Kier alpha value is -3.48. The van der Waals surface area contributed by atoms with Gasteiger partial charge >= 0.3 is 5.97 Å². The Bertz CT molecular complexity index is 954. The van der Waals surface area contributed by atoms with Gasteiger partial charge in [-0.2, -0.15) is 0 Å². The van der Waals surface area contributed by atoms with Crippen LogP contribution < -0.4 is 4.74 Å². The number of ether oxygens (including phenoxy) is 2. The molecule has 2 aromatic carbocycles. The highest BCUT2D eigenvalue weighted by Crippen LogP contribution is 2.22. The minimum Gasteiger partial charge on any atom is -0.494 e. The summed E-state index contributed by atoms with van der Waals surface area (Å²) in [5.41, 5.74) is 1.28. The topological polar surface area (TPSA) is 74.5 Å². The molecular formula is C20H17FN2O4. The molecule has 0 radical (unpaired) electrons. The zero-order valence-electron chi connectivity index (χ0n) is 14.8. The van der Waals surface area contributed by atoms with Crippen molar-refractivity contribution in [3.8, 4) is 17.2 Å². The lowest BCUT2D eigenvalue weighted by Crippen LogP contribution is -2.06. The van der Waals surface area contributed by atoms with Crippen molar-refractivity contribution in [1.82, 2.24) is 10.2 Å². The Morgan fingerprint density at radius 2 is 1.96 bits per heavy atom. The standard InChI is InChI=1S/C20H17FN2O4/c1-13(19-22-23-20(27-19)15-6-4-3-5-7-15)26-18(24)11-9-14-8-10-17(25-2)16(21)12-14/h3-13H,1-2H3/b11-9+/t13-/m0/s1. The van der Waals surface area contributed by atoms with Crippen molar-refractivity contribution in [2.75, 3.05) is 7.11 Å². The van der Waals surface area contributed by atoms with Crippen LogP contribution in [-0.4, -0.2) is 23.3 Å². The Morgan fingerprint density at radius 1 is 1.19 bits per heavy atom. The van der Waals surface area contributed by atoms with E-state index in [9.17, 15) is 9.18 Å². The van der Waals surface area contributed by atoms with E-state index >= 15 is 0 Å². The molecule has 0 N–H and O–H groups in total. The molecule has 138 valence electrons. The van der Waals surface area contributed by atoms with Crippen LogP contribution in [0.4, 0.5) is 4.39 Å². The maximum Gasteiger partial charge on any atom is 0.331 e. The summed E-state index contributed by atoms with van der Waals surface area (Å²) in [6.45, 7) is 1.63. The third kappa shape index (κ3) is 4.58. The molecule has 0 saturated carbocycles. The van der Waals surface area contributed by atoms with Gasteiger partial charge in [0.2, 0.25) is 5.89 Å². The number of halogens is 1. The molecule has 0 spiro atoms. The van der Waals surface area contributed by atoms with Crippen molar-refractivity contribution in [2.24, 2.45) is 0 Å². The Labute approximate surface area is 155 Å². The molecule has 0 fully saturated rings. The molecule has 1 atom stereocenters. The van der Waals surface area contributed by atoms with Gasteiger partial charge in [0, 0.05) is 11.6 Å². The fourth-order valence-electron chi connectivity index (χ4n) is 2.31. The molecule has 1 heterocycles. The second-order valence-corrected chi connectivity index (χ2v) is 5.62. The van der Waals surface area contributed by atoms with E-state index < -0.39 is 17.9 Å². The fourth-order valence-corrected chi connectivity index (χ4v) is 2.31. The lowest BCUT2D eigenvalue weighted by molar-refractivity contribution is -0.143. The van der Waals surface area contributed by atoms with Crippen molar-refractivity contribution in [3.63, 3.8) is 0 Å². The number of benzene rings is 2. The minimum atomic E-state index is -0.722. The molecule has 0 aliphatic carbocycles. The van der Waals surface area contributed by atoms with E-state index in [-0.39, 0.29) is 11.6 Å². The molecule has 3 aromatic rings. The number of rotatable bonds is 6. The highest BCUT2D eigenvalue weighted by molar-refractivity contribution is 5.87. The zero-order chi connectivity index (χ0) is 19.2. The molecule has 0 aliphatic heterocycles. The second-order valence-electron chi connectivity index (χ2n) is 5.62. The summed E-state index contributed by atoms with van der Waals surface area (Å²) in [7, 11) is 1.38. The van der Waals surface area contributed by atoms with Gasteiger partial charge in [0.1, 0.15) is 0 Å². The number of hydrogen-bond acceptors (Lipinski definition) is 6. The second kappa shape index (κ2) is 8.27. The van der Waals surface area contributed by atoms with Crippen molar-refractivity contribution < 1.29 is 23.1 Å². The average Bonchev–Trinajstić information content (AvgIpc) is 3.17. The molecule has 3 rings (SSSR count). The van der Waals surface area contributed by atoms with E-state index in [1.807, 2.05) is 30.3 Å². The van der Waals surface area contributed by atoms with E-state index in [1.54, 1.807) is 13.0 Å². The Balaban J connectivity index is 1.62. The van der Waals surface area contributed by atoms with Gasteiger partial charge in [-0.3, -0.25) is 0 Å².